The van der Waals surface area contributed by atoms with E-state index < -0.39 is 0 Å². The fourth-order valence-corrected chi connectivity index (χ4v) is 2.72. The molecule has 0 fully saturated rings. The van der Waals surface area contributed by atoms with Gasteiger partial charge in [0.15, 0.2) is 0 Å². The largest absolute Gasteiger partial charge is 0.377 e. The molecule has 2 rings (SSSR count). The Kier molecular flexibility index (Phi) is 4.02. The maximum absolute atomic E-state index is 4.54. The summed E-state index contributed by atoms with van der Waals surface area (Å²) in [5.41, 5.74) is 3.69. The maximum atomic E-state index is 4.54. The summed E-state index contributed by atoms with van der Waals surface area (Å²) in [6, 6.07) is 8.75. The molecule has 0 aliphatic rings. The maximum Gasteiger partial charge on any atom is 0.0898 e. The molecule has 2 nitrogen and oxygen atoms in total. The van der Waals surface area contributed by atoms with Gasteiger partial charge in [-0.1, -0.05) is 32.0 Å². The van der Waals surface area contributed by atoms with Crippen molar-refractivity contribution in [3.63, 3.8) is 0 Å². The Morgan fingerprint density at radius 2 is 1.89 bits per heavy atom. The van der Waals surface area contributed by atoms with E-state index in [4.69, 9.17) is 0 Å². The second kappa shape index (κ2) is 5.53. The SMILES string of the molecule is Cc1nc(C(C)Nc2ccccc2C(C)C)cs1. The molecule has 0 aliphatic heterocycles. The fraction of sp³-hybridized carbons (Fsp3) is 0.400. The van der Waals surface area contributed by atoms with Gasteiger partial charge in [-0.05, 0) is 31.4 Å². The first-order valence-corrected chi connectivity index (χ1v) is 7.23. The van der Waals surface area contributed by atoms with Crippen LogP contribution in [0.5, 0.6) is 0 Å². The lowest BCUT2D eigenvalue weighted by atomic mass is 10.0. The number of rotatable bonds is 4. The highest BCUT2D eigenvalue weighted by atomic mass is 32.1. The molecule has 0 saturated heterocycles. The molecule has 3 heteroatoms. The predicted molar refractivity (Wildman–Crippen MR) is 79.4 cm³/mol. The van der Waals surface area contributed by atoms with Gasteiger partial charge in [0.1, 0.15) is 0 Å². The molecule has 0 bridgehead atoms. The van der Waals surface area contributed by atoms with Gasteiger partial charge in [-0.2, -0.15) is 0 Å². The Balaban J connectivity index is 2.19. The molecule has 0 radical (unpaired) electrons. The van der Waals surface area contributed by atoms with Crippen LogP contribution in [0.2, 0.25) is 0 Å². The zero-order valence-corrected chi connectivity index (χ0v) is 12.2. The van der Waals surface area contributed by atoms with Gasteiger partial charge in [-0.15, -0.1) is 11.3 Å². The van der Waals surface area contributed by atoms with E-state index in [1.165, 1.54) is 11.3 Å². The normalized spacial score (nSPS) is 12.7. The molecule has 0 amide bonds. The number of thiazole rings is 1. The van der Waals surface area contributed by atoms with Crippen LogP contribution in [-0.2, 0) is 0 Å². The van der Waals surface area contributed by atoms with E-state index >= 15 is 0 Å². The van der Waals surface area contributed by atoms with Crippen LogP contribution >= 0.6 is 11.3 Å². The molecule has 2 aromatic rings. The highest BCUT2D eigenvalue weighted by molar-refractivity contribution is 7.09. The van der Waals surface area contributed by atoms with E-state index in [0.29, 0.717) is 5.92 Å². The summed E-state index contributed by atoms with van der Waals surface area (Å²) in [5, 5.41) is 6.82. The first-order valence-electron chi connectivity index (χ1n) is 6.35. The number of aryl methyl sites for hydroxylation is 1. The quantitative estimate of drug-likeness (QED) is 0.858. The molecule has 0 aliphatic carbocycles. The number of nitrogens with zero attached hydrogens (tertiary/aromatic N) is 1. The standard InChI is InChI=1S/C15H20N2S/c1-10(2)13-7-5-6-8-14(13)16-11(3)15-9-18-12(4)17-15/h5-11,16H,1-4H3. The number of aromatic nitrogens is 1. The second-order valence-corrected chi connectivity index (χ2v) is 5.96. The Labute approximate surface area is 113 Å². The van der Waals surface area contributed by atoms with Gasteiger partial charge in [0.25, 0.3) is 0 Å². The van der Waals surface area contributed by atoms with Crippen LogP contribution < -0.4 is 5.32 Å². The summed E-state index contributed by atoms with van der Waals surface area (Å²) < 4.78 is 0. The lowest BCUT2D eigenvalue weighted by Crippen LogP contribution is -2.09. The Hall–Kier alpha value is -1.35. The average Bonchev–Trinajstić information content (AvgIpc) is 2.76. The fourth-order valence-electron chi connectivity index (χ4n) is 2.02. The van der Waals surface area contributed by atoms with Crippen LogP contribution in [0.3, 0.4) is 0 Å². The summed E-state index contributed by atoms with van der Waals surface area (Å²) >= 11 is 1.70. The summed E-state index contributed by atoms with van der Waals surface area (Å²) in [7, 11) is 0. The van der Waals surface area contributed by atoms with Crippen molar-refractivity contribution in [2.75, 3.05) is 5.32 Å². The monoisotopic (exact) mass is 260 g/mol. The minimum atomic E-state index is 0.245. The molecule has 1 aromatic carbocycles. The van der Waals surface area contributed by atoms with Gasteiger partial charge in [-0.25, -0.2) is 4.98 Å². The number of para-hydroxylation sites is 1. The molecule has 1 N–H and O–H groups in total. The van der Waals surface area contributed by atoms with Crippen molar-refractivity contribution < 1.29 is 0 Å². The smallest absolute Gasteiger partial charge is 0.0898 e. The average molecular weight is 260 g/mol. The third kappa shape index (κ3) is 2.91. The van der Waals surface area contributed by atoms with Crippen molar-refractivity contribution in [2.45, 2.75) is 39.7 Å². The van der Waals surface area contributed by atoms with Crippen molar-refractivity contribution in [3.05, 3.63) is 45.9 Å². The molecule has 96 valence electrons. The number of hydrogen-bond donors (Lipinski definition) is 1. The Bertz CT molecular complexity index is 517. The molecule has 1 aromatic heterocycles. The molecule has 18 heavy (non-hydrogen) atoms. The first kappa shape index (κ1) is 13.1. The van der Waals surface area contributed by atoms with Gasteiger partial charge in [0.2, 0.25) is 0 Å². The Morgan fingerprint density at radius 1 is 1.17 bits per heavy atom. The van der Waals surface area contributed by atoms with Crippen molar-refractivity contribution in [1.29, 1.82) is 0 Å². The van der Waals surface area contributed by atoms with E-state index in [-0.39, 0.29) is 6.04 Å². The molecule has 0 saturated carbocycles. The lowest BCUT2D eigenvalue weighted by molar-refractivity contribution is 0.823. The molecule has 1 heterocycles. The first-order chi connectivity index (χ1) is 8.58. The van der Waals surface area contributed by atoms with Crippen LogP contribution in [0.1, 0.15) is 49.0 Å². The van der Waals surface area contributed by atoms with Crippen molar-refractivity contribution >= 4 is 17.0 Å². The van der Waals surface area contributed by atoms with Gasteiger partial charge in [-0.3, -0.25) is 0 Å². The van der Waals surface area contributed by atoms with Crippen LogP contribution in [-0.4, -0.2) is 4.98 Å². The molecule has 1 unspecified atom stereocenters. The highest BCUT2D eigenvalue weighted by Gasteiger charge is 2.11. The summed E-state index contributed by atoms with van der Waals surface area (Å²) in [6.45, 7) is 8.64. The summed E-state index contributed by atoms with van der Waals surface area (Å²) in [5.74, 6) is 0.526. The minimum Gasteiger partial charge on any atom is -0.377 e. The molecule has 0 spiro atoms. The van der Waals surface area contributed by atoms with Crippen molar-refractivity contribution in [2.24, 2.45) is 0 Å². The van der Waals surface area contributed by atoms with Crippen LogP contribution in [0.4, 0.5) is 5.69 Å². The van der Waals surface area contributed by atoms with E-state index in [1.807, 2.05) is 6.92 Å². The second-order valence-electron chi connectivity index (χ2n) is 4.90. The van der Waals surface area contributed by atoms with E-state index in [1.54, 1.807) is 11.3 Å². The van der Waals surface area contributed by atoms with Crippen molar-refractivity contribution in [1.82, 2.24) is 4.98 Å². The van der Waals surface area contributed by atoms with Crippen molar-refractivity contribution in [3.8, 4) is 0 Å². The topological polar surface area (TPSA) is 24.9 Å². The van der Waals surface area contributed by atoms with Crippen LogP contribution in [0.25, 0.3) is 0 Å². The van der Waals surface area contributed by atoms with Crippen LogP contribution in [0.15, 0.2) is 29.6 Å². The van der Waals surface area contributed by atoms with Gasteiger partial charge < -0.3 is 5.32 Å². The van der Waals surface area contributed by atoms with E-state index in [9.17, 15) is 0 Å². The number of hydrogen-bond acceptors (Lipinski definition) is 3. The van der Waals surface area contributed by atoms with E-state index in [0.717, 1.165) is 10.7 Å². The predicted octanol–water partition coefficient (Wildman–Crippen LogP) is 4.75. The highest BCUT2D eigenvalue weighted by Crippen LogP contribution is 2.27. The third-order valence-corrected chi connectivity index (χ3v) is 3.83. The zero-order valence-electron chi connectivity index (χ0n) is 11.4. The number of nitrogens with one attached hydrogen (secondary N) is 1. The summed E-state index contributed by atoms with van der Waals surface area (Å²) in [4.78, 5) is 4.54. The Morgan fingerprint density at radius 3 is 2.50 bits per heavy atom. The third-order valence-electron chi connectivity index (χ3n) is 3.04. The summed E-state index contributed by atoms with van der Waals surface area (Å²) in [6.07, 6.45) is 0. The van der Waals surface area contributed by atoms with E-state index in [2.05, 4.69) is 60.7 Å². The number of anilines is 1. The van der Waals surface area contributed by atoms with Gasteiger partial charge >= 0.3 is 0 Å². The van der Waals surface area contributed by atoms with Gasteiger partial charge in [0, 0.05) is 11.1 Å². The molecular weight excluding hydrogens is 240 g/mol. The minimum absolute atomic E-state index is 0.245. The molecular formula is C15H20N2S. The number of benzene rings is 1. The lowest BCUT2D eigenvalue weighted by Gasteiger charge is -2.18. The van der Waals surface area contributed by atoms with Crippen LogP contribution in [0, 0.1) is 6.92 Å². The van der Waals surface area contributed by atoms with Gasteiger partial charge in [0.05, 0.1) is 16.7 Å². The zero-order chi connectivity index (χ0) is 13.1. The molecule has 1 atom stereocenters.